The van der Waals surface area contributed by atoms with Gasteiger partial charge in [-0.1, -0.05) is 23.9 Å². The van der Waals surface area contributed by atoms with E-state index in [1.807, 2.05) is 54.3 Å². The average Bonchev–Trinajstić information content (AvgIpc) is 3.03. The second-order valence-corrected chi connectivity index (χ2v) is 5.73. The van der Waals surface area contributed by atoms with Crippen molar-refractivity contribution in [3.63, 3.8) is 0 Å². The quantitative estimate of drug-likeness (QED) is 0.746. The Kier molecular flexibility index (Phi) is 4.43. The van der Waals surface area contributed by atoms with Gasteiger partial charge in [-0.05, 0) is 43.5 Å². The summed E-state index contributed by atoms with van der Waals surface area (Å²) in [4.78, 5) is 21.0. The molecule has 0 aliphatic heterocycles. The highest BCUT2D eigenvalue weighted by Gasteiger charge is 2.10. The smallest absolute Gasteiger partial charge is 0.256 e. The van der Waals surface area contributed by atoms with Crippen LogP contribution < -0.4 is 5.32 Å². The third-order valence-electron chi connectivity index (χ3n) is 3.31. The number of nitrogens with one attached hydrogen (secondary N) is 1. The molecule has 1 amide bonds. The minimum atomic E-state index is -0.184. The predicted octanol–water partition coefficient (Wildman–Crippen LogP) is 3.55. The number of nitrogens with zero attached hydrogens (tertiary/aromatic N) is 3. The van der Waals surface area contributed by atoms with Crippen molar-refractivity contribution in [2.75, 3.05) is 11.6 Å². The number of amides is 1. The maximum absolute atomic E-state index is 12.4. The molecule has 1 aromatic carbocycles. The highest BCUT2D eigenvalue weighted by atomic mass is 32.2. The molecule has 0 aliphatic carbocycles. The van der Waals surface area contributed by atoms with Gasteiger partial charge in [0.15, 0.2) is 5.16 Å². The fourth-order valence-corrected chi connectivity index (χ4v) is 2.76. The number of carbonyl (C=O) groups excluding carboxylic acids is 1. The minimum absolute atomic E-state index is 0.184. The molecule has 3 rings (SSSR count). The Morgan fingerprint density at radius 2 is 2.04 bits per heavy atom. The van der Waals surface area contributed by atoms with Crippen molar-refractivity contribution in [2.45, 2.75) is 12.1 Å². The molecule has 0 bridgehead atoms. The van der Waals surface area contributed by atoms with E-state index < -0.39 is 0 Å². The van der Waals surface area contributed by atoms with Gasteiger partial charge in [0.2, 0.25) is 0 Å². The summed E-state index contributed by atoms with van der Waals surface area (Å²) in [7, 11) is 0. The van der Waals surface area contributed by atoms with Gasteiger partial charge in [0.1, 0.15) is 5.82 Å². The Bertz CT molecular complexity index is 844. The SMILES string of the molecule is CSc1nccn1-c1cccc(C(=O)Nc2cccc(C)n2)c1. The van der Waals surface area contributed by atoms with Crippen LogP contribution in [0.25, 0.3) is 5.69 Å². The Balaban J connectivity index is 1.86. The number of aromatic nitrogens is 3. The molecule has 2 heterocycles. The van der Waals surface area contributed by atoms with Crippen LogP contribution in [-0.2, 0) is 0 Å². The Morgan fingerprint density at radius 3 is 2.83 bits per heavy atom. The number of anilines is 1. The molecule has 0 spiro atoms. The zero-order valence-electron chi connectivity index (χ0n) is 12.9. The first-order valence-electron chi connectivity index (χ1n) is 7.10. The Morgan fingerprint density at radius 1 is 1.22 bits per heavy atom. The van der Waals surface area contributed by atoms with Crippen molar-refractivity contribution in [3.05, 3.63) is 66.1 Å². The lowest BCUT2D eigenvalue weighted by Gasteiger charge is -2.09. The van der Waals surface area contributed by atoms with E-state index in [1.165, 1.54) is 0 Å². The first-order chi connectivity index (χ1) is 11.2. The first kappa shape index (κ1) is 15.3. The summed E-state index contributed by atoms with van der Waals surface area (Å²) < 4.78 is 1.95. The van der Waals surface area contributed by atoms with Gasteiger partial charge in [-0.15, -0.1) is 0 Å². The lowest BCUT2D eigenvalue weighted by molar-refractivity contribution is 0.102. The molecule has 0 fully saturated rings. The Hall–Kier alpha value is -2.60. The standard InChI is InChI=1S/C17H16N4OS/c1-12-5-3-8-15(19-12)20-16(22)13-6-4-7-14(11-13)21-10-9-18-17(21)23-2/h3-11H,1-2H3,(H,19,20,22). The number of thioether (sulfide) groups is 1. The fourth-order valence-electron chi connectivity index (χ4n) is 2.24. The average molecular weight is 324 g/mol. The van der Waals surface area contributed by atoms with Crippen molar-refractivity contribution in [1.82, 2.24) is 14.5 Å². The van der Waals surface area contributed by atoms with Gasteiger partial charge in [0.25, 0.3) is 5.91 Å². The summed E-state index contributed by atoms with van der Waals surface area (Å²) in [5, 5.41) is 3.70. The second-order valence-electron chi connectivity index (χ2n) is 4.95. The summed E-state index contributed by atoms with van der Waals surface area (Å²) in [5.74, 6) is 0.364. The van der Waals surface area contributed by atoms with Gasteiger partial charge in [0.05, 0.1) is 0 Å². The van der Waals surface area contributed by atoms with E-state index in [9.17, 15) is 4.79 Å². The van der Waals surface area contributed by atoms with E-state index >= 15 is 0 Å². The van der Waals surface area contributed by atoms with Crippen molar-refractivity contribution in [3.8, 4) is 5.69 Å². The molecule has 23 heavy (non-hydrogen) atoms. The molecule has 3 aromatic rings. The number of imidazole rings is 1. The molecule has 1 N–H and O–H groups in total. The molecule has 0 aliphatic rings. The second kappa shape index (κ2) is 6.66. The fraction of sp³-hybridized carbons (Fsp3) is 0.118. The first-order valence-corrected chi connectivity index (χ1v) is 8.32. The van der Waals surface area contributed by atoms with Crippen LogP contribution in [0.5, 0.6) is 0 Å². The van der Waals surface area contributed by atoms with E-state index in [0.29, 0.717) is 11.4 Å². The van der Waals surface area contributed by atoms with Crippen LogP contribution >= 0.6 is 11.8 Å². The summed E-state index contributed by atoms with van der Waals surface area (Å²) in [6.45, 7) is 1.89. The van der Waals surface area contributed by atoms with Crippen LogP contribution in [0.2, 0.25) is 0 Å². The van der Waals surface area contributed by atoms with E-state index in [2.05, 4.69) is 15.3 Å². The van der Waals surface area contributed by atoms with Gasteiger partial charge >= 0.3 is 0 Å². The molecule has 6 heteroatoms. The number of hydrogen-bond acceptors (Lipinski definition) is 4. The summed E-state index contributed by atoms with van der Waals surface area (Å²) >= 11 is 1.56. The minimum Gasteiger partial charge on any atom is -0.307 e. The van der Waals surface area contributed by atoms with Crippen LogP contribution in [-0.4, -0.2) is 26.7 Å². The van der Waals surface area contributed by atoms with Gasteiger partial charge in [-0.2, -0.15) is 0 Å². The maximum atomic E-state index is 12.4. The molecule has 0 saturated carbocycles. The van der Waals surface area contributed by atoms with E-state index in [0.717, 1.165) is 16.5 Å². The van der Waals surface area contributed by atoms with Crippen LogP contribution in [0.15, 0.2) is 60.0 Å². The molecule has 5 nitrogen and oxygen atoms in total. The number of aryl methyl sites for hydroxylation is 1. The van der Waals surface area contributed by atoms with Gasteiger partial charge in [0, 0.05) is 29.3 Å². The van der Waals surface area contributed by atoms with E-state index in [4.69, 9.17) is 0 Å². The summed E-state index contributed by atoms with van der Waals surface area (Å²) in [5.41, 5.74) is 2.34. The highest BCUT2D eigenvalue weighted by Crippen LogP contribution is 2.19. The number of pyridine rings is 1. The molecule has 116 valence electrons. The number of rotatable bonds is 4. The van der Waals surface area contributed by atoms with Crippen molar-refractivity contribution in [1.29, 1.82) is 0 Å². The molecule has 0 radical (unpaired) electrons. The Labute approximate surface area is 138 Å². The zero-order valence-corrected chi connectivity index (χ0v) is 13.7. The molecular weight excluding hydrogens is 308 g/mol. The zero-order chi connectivity index (χ0) is 16.2. The van der Waals surface area contributed by atoms with Gasteiger partial charge < -0.3 is 5.32 Å². The molecule has 0 atom stereocenters. The van der Waals surface area contributed by atoms with Gasteiger partial charge in [-0.25, -0.2) is 9.97 Å². The molecule has 0 saturated heterocycles. The monoisotopic (exact) mass is 324 g/mol. The molecular formula is C17H16N4OS. The molecule has 2 aromatic heterocycles. The van der Waals surface area contributed by atoms with E-state index in [-0.39, 0.29) is 5.91 Å². The number of carbonyl (C=O) groups is 1. The van der Waals surface area contributed by atoms with E-state index in [1.54, 1.807) is 30.1 Å². The maximum Gasteiger partial charge on any atom is 0.256 e. The lowest BCUT2D eigenvalue weighted by atomic mass is 10.2. The summed E-state index contributed by atoms with van der Waals surface area (Å²) in [6, 6.07) is 13.0. The van der Waals surface area contributed by atoms with Crippen molar-refractivity contribution < 1.29 is 4.79 Å². The normalized spacial score (nSPS) is 10.5. The van der Waals surface area contributed by atoms with Gasteiger partial charge in [-0.3, -0.25) is 9.36 Å². The molecule has 0 unspecified atom stereocenters. The van der Waals surface area contributed by atoms with Crippen LogP contribution in [0.3, 0.4) is 0 Å². The van der Waals surface area contributed by atoms with Crippen LogP contribution in [0, 0.1) is 6.92 Å². The predicted molar refractivity (Wildman–Crippen MR) is 92.3 cm³/mol. The van der Waals surface area contributed by atoms with Crippen LogP contribution in [0.4, 0.5) is 5.82 Å². The largest absolute Gasteiger partial charge is 0.307 e. The summed E-state index contributed by atoms with van der Waals surface area (Å²) in [6.07, 6.45) is 5.60. The topological polar surface area (TPSA) is 59.8 Å². The number of hydrogen-bond donors (Lipinski definition) is 1. The van der Waals surface area contributed by atoms with Crippen LogP contribution in [0.1, 0.15) is 16.1 Å². The van der Waals surface area contributed by atoms with Crippen molar-refractivity contribution in [2.24, 2.45) is 0 Å². The third-order valence-corrected chi connectivity index (χ3v) is 3.97. The van der Waals surface area contributed by atoms with Crippen molar-refractivity contribution >= 4 is 23.5 Å². The number of benzene rings is 1. The highest BCUT2D eigenvalue weighted by molar-refractivity contribution is 7.98. The third kappa shape index (κ3) is 3.43. The lowest BCUT2D eigenvalue weighted by Crippen LogP contribution is -2.13.